The second kappa shape index (κ2) is 5.40. The van der Waals surface area contributed by atoms with Crippen LogP contribution in [0.15, 0.2) is 0 Å². The molecule has 0 saturated heterocycles. The maximum atomic E-state index is 11.6. The van der Waals surface area contributed by atoms with Gasteiger partial charge in [-0.1, -0.05) is 0 Å². The zero-order chi connectivity index (χ0) is 9.61. The van der Waals surface area contributed by atoms with Gasteiger partial charge in [-0.25, -0.2) is 8.78 Å². The predicted octanol–water partition coefficient (Wildman–Crippen LogP) is 0.238. The molecular formula is C7H15F2NO2. The molecule has 0 heterocycles. The summed E-state index contributed by atoms with van der Waals surface area (Å²) >= 11 is 0. The van der Waals surface area contributed by atoms with E-state index in [0.717, 1.165) is 0 Å². The Labute approximate surface area is 70.7 Å². The Balaban J connectivity index is 3.58. The first-order valence-corrected chi connectivity index (χ1v) is 3.70. The fourth-order valence-electron chi connectivity index (χ4n) is 0.570. The highest BCUT2D eigenvalue weighted by molar-refractivity contribution is 4.79. The third-order valence-electron chi connectivity index (χ3n) is 1.62. The average Bonchev–Trinajstić information content (AvgIpc) is 2.03. The largest absolute Gasteiger partial charge is 0.394 e. The first kappa shape index (κ1) is 11.7. The highest BCUT2D eigenvalue weighted by atomic mass is 19.3. The summed E-state index contributed by atoms with van der Waals surface area (Å²) in [5.41, 5.74) is -0.630. The molecule has 0 bridgehead atoms. The van der Waals surface area contributed by atoms with Crippen LogP contribution in [-0.2, 0) is 4.74 Å². The van der Waals surface area contributed by atoms with Gasteiger partial charge in [0.25, 0.3) is 6.43 Å². The first-order valence-electron chi connectivity index (χ1n) is 3.70. The summed E-state index contributed by atoms with van der Waals surface area (Å²) in [6.07, 6.45) is -2.45. The fraction of sp³-hybridized carbons (Fsp3) is 1.00. The number of aliphatic hydroxyl groups is 1. The molecule has 0 radical (unpaired) electrons. The van der Waals surface area contributed by atoms with Gasteiger partial charge in [0.05, 0.1) is 18.8 Å². The molecule has 0 aliphatic heterocycles. The molecule has 0 fully saturated rings. The lowest BCUT2D eigenvalue weighted by atomic mass is 10.1. The molecule has 1 unspecified atom stereocenters. The number of hydrogen-bond acceptors (Lipinski definition) is 3. The molecule has 0 aromatic heterocycles. The van der Waals surface area contributed by atoms with Crippen molar-refractivity contribution in [1.29, 1.82) is 0 Å². The molecule has 1 atom stereocenters. The van der Waals surface area contributed by atoms with Gasteiger partial charge >= 0.3 is 0 Å². The van der Waals surface area contributed by atoms with Crippen molar-refractivity contribution in [3.63, 3.8) is 0 Å². The van der Waals surface area contributed by atoms with Crippen LogP contribution in [0.5, 0.6) is 0 Å². The summed E-state index contributed by atoms with van der Waals surface area (Å²) < 4.78 is 27.9. The molecule has 0 rings (SSSR count). The number of nitrogens with one attached hydrogen (secondary N) is 1. The molecule has 0 amide bonds. The second-order valence-electron chi connectivity index (χ2n) is 2.87. The summed E-state index contributed by atoms with van der Waals surface area (Å²) in [5, 5.41) is 11.6. The Bertz CT molecular complexity index is 118. The summed E-state index contributed by atoms with van der Waals surface area (Å²) in [6, 6.07) is 0. The van der Waals surface area contributed by atoms with Crippen LogP contribution < -0.4 is 5.32 Å². The van der Waals surface area contributed by atoms with Crippen LogP contribution in [0.25, 0.3) is 0 Å². The topological polar surface area (TPSA) is 41.5 Å². The molecule has 12 heavy (non-hydrogen) atoms. The van der Waals surface area contributed by atoms with Gasteiger partial charge in [0, 0.05) is 0 Å². The Morgan fingerprint density at radius 2 is 2.17 bits per heavy atom. The third-order valence-corrected chi connectivity index (χ3v) is 1.62. The van der Waals surface area contributed by atoms with Crippen LogP contribution in [-0.4, -0.2) is 43.9 Å². The molecular weight excluding hydrogens is 168 g/mol. The Morgan fingerprint density at radius 1 is 1.58 bits per heavy atom. The van der Waals surface area contributed by atoms with Crippen molar-refractivity contribution in [3.8, 4) is 0 Å². The van der Waals surface area contributed by atoms with Crippen molar-refractivity contribution in [1.82, 2.24) is 5.32 Å². The van der Waals surface area contributed by atoms with Crippen LogP contribution in [0.3, 0.4) is 0 Å². The monoisotopic (exact) mass is 183 g/mol. The molecule has 5 heteroatoms. The number of ether oxygens (including phenoxy) is 1. The summed E-state index contributed by atoms with van der Waals surface area (Å²) in [6.45, 7) is 1.03. The standard InChI is InChI=1S/C7H15F2NO2/c1-7(4-11,10-2)5-12-3-6(8)9/h6,10-11H,3-5H2,1-2H3. The molecule has 0 saturated carbocycles. The lowest BCUT2D eigenvalue weighted by molar-refractivity contribution is -0.0144. The van der Waals surface area contributed by atoms with Crippen molar-refractivity contribution < 1.29 is 18.6 Å². The number of halogens is 2. The zero-order valence-electron chi connectivity index (χ0n) is 7.31. The van der Waals surface area contributed by atoms with Crippen molar-refractivity contribution in [2.75, 3.05) is 26.9 Å². The van der Waals surface area contributed by atoms with E-state index in [-0.39, 0.29) is 13.2 Å². The molecule has 0 aromatic rings. The van der Waals surface area contributed by atoms with Gasteiger partial charge in [-0.3, -0.25) is 0 Å². The van der Waals surface area contributed by atoms with Crippen molar-refractivity contribution >= 4 is 0 Å². The van der Waals surface area contributed by atoms with E-state index in [1.165, 1.54) is 0 Å². The quantitative estimate of drug-likeness (QED) is 0.619. The summed E-state index contributed by atoms with van der Waals surface area (Å²) in [7, 11) is 1.64. The molecule has 0 aromatic carbocycles. The molecule has 2 N–H and O–H groups in total. The van der Waals surface area contributed by atoms with Crippen molar-refractivity contribution in [3.05, 3.63) is 0 Å². The molecule has 0 spiro atoms. The minimum absolute atomic E-state index is 0.0737. The van der Waals surface area contributed by atoms with Crippen molar-refractivity contribution in [2.24, 2.45) is 0 Å². The van der Waals surface area contributed by atoms with Crippen molar-refractivity contribution in [2.45, 2.75) is 18.9 Å². The van der Waals surface area contributed by atoms with Gasteiger partial charge in [0.1, 0.15) is 6.61 Å². The van der Waals surface area contributed by atoms with E-state index in [0.29, 0.717) is 0 Å². The van der Waals surface area contributed by atoms with Crippen LogP contribution in [0.2, 0.25) is 0 Å². The van der Waals surface area contributed by atoms with Crippen LogP contribution >= 0.6 is 0 Å². The molecule has 74 valence electrons. The molecule has 0 aliphatic rings. The SMILES string of the molecule is CNC(C)(CO)COCC(F)F. The van der Waals surface area contributed by atoms with E-state index in [1.807, 2.05) is 0 Å². The normalized spacial score (nSPS) is 16.5. The number of hydrogen-bond donors (Lipinski definition) is 2. The van der Waals surface area contributed by atoms with E-state index >= 15 is 0 Å². The van der Waals surface area contributed by atoms with E-state index in [9.17, 15) is 8.78 Å². The van der Waals surface area contributed by atoms with Gasteiger partial charge in [0.2, 0.25) is 0 Å². The summed E-state index contributed by atoms with van der Waals surface area (Å²) in [5.74, 6) is 0. The fourth-order valence-corrected chi connectivity index (χ4v) is 0.570. The van der Waals surface area contributed by atoms with Gasteiger partial charge in [-0.2, -0.15) is 0 Å². The Morgan fingerprint density at radius 3 is 2.50 bits per heavy atom. The van der Waals surface area contributed by atoms with Crippen LogP contribution in [0, 0.1) is 0 Å². The number of aliphatic hydroxyl groups excluding tert-OH is 1. The minimum atomic E-state index is -2.45. The first-order chi connectivity index (χ1) is 5.54. The number of alkyl halides is 2. The smallest absolute Gasteiger partial charge is 0.261 e. The minimum Gasteiger partial charge on any atom is -0.394 e. The van der Waals surface area contributed by atoms with Crippen LogP contribution in [0.1, 0.15) is 6.92 Å². The Kier molecular flexibility index (Phi) is 5.28. The van der Waals surface area contributed by atoms with Gasteiger partial charge in [-0.15, -0.1) is 0 Å². The molecule has 3 nitrogen and oxygen atoms in total. The number of rotatable bonds is 6. The summed E-state index contributed by atoms with van der Waals surface area (Å²) in [4.78, 5) is 0. The lowest BCUT2D eigenvalue weighted by Crippen LogP contribution is -2.47. The maximum Gasteiger partial charge on any atom is 0.261 e. The van der Waals surface area contributed by atoms with E-state index in [2.05, 4.69) is 10.1 Å². The predicted molar refractivity (Wildman–Crippen MR) is 41.4 cm³/mol. The Hall–Kier alpha value is -0.260. The highest BCUT2D eigenvalue weighted by Crippen LogP contribution is 2.03. The van der Waals surface area contributed by atoms with Gasteiger partial charge < -0.3 is 15.2 Å². The molecule has 0 aliphatic carbocycles. The van der Waals surface area contributed by atoms with Crippen LogP contribution in [0.4, 0.5) is 8.78 Å². The van der Waals surface area contributed by atoms with E-state index in [1.54, 1.807) is 14.0 Å². The lowest BCUT2D eigenvalue weighted by Gasteiger charge is -2.26. The second-order valence-corrected chi connectivity index (χ2v) is 2.87. The van der Waals surface area contributed by atoms with E-state index in [4.69, 9.17) is 5.11 Å². The van der Waals surface area contributed by atoms with E-state index < -0.39 is 18.6 Å². The third kappa shape index (κ3) is 4.58. The average molecular weight is 183 g/mol. The van der Waals surface area contributed by atoms with Gasteiger partial charge in [-0.05, 0) is 14.0 Å². The maximum absolute atomic E-state index is 11.6. The number of likely N-dealkylation sites (N-methyl/N-ethyl adjacent to an activating group) is 1. The highest BCUT2D eigenvalue weighted by Gasteiger charge is 2.21. The zero-order valence-corrected chi connectivity index (χ0v) is 7.31. The van der Waals surface area contributed by atoms with Gasteiger partial charge in [0.15, 0.2) is 0 Å².